The van der Waals surface area contributed by atoms with Crippen molar-refractivity contribution in [1.82, 2.24) is 15.0 Å². The number of rotatable bonds is 3. The lowest BCUT2D eigenvalue weighted by Gasteiger charge is -2.08. The van der Waals surface area contributed by atoms with Crippen molar-refractivity contribution in [3.8, 4) is 34.3 Å². The predicted octanol–water partition coefficient (Wildman–Crippen LogP) is 3.50. The quantitative estimate of drug-likeness (QED) is 0.587. The fourth-order valence-corrected chi connectivity index (χ4v) is 2.48. The van der Waals surface area contributed by atoms with Crippen molar-refractivity contribution in [2.45, 2.75) is 5.16 Å². The molecule has 0 bridgehead atoms. The average molecular weight is 320 g/mol. The van der Waals surface area contributed by atoms with Gasteiger partial charge in [-0.3, -0.25) is 4.98 Å². The summed E-state index contributed by atoms with van der Waals surface area (Å²) in [6.07, 6.45) is 5.11. The second-order valence-corrected chi connectivity index (χ2v) is 5.48. The van der Waals surface area contributed by atoms with Crippen LogP contribution in [-0.2, 0) is 0 Å². The van der Waals surface area contributed by atoms with Gasteiger partial charge in [0.1, 0.15) is 11.8 Å². The van der Waals surface area contributed by atoms with Gasteiger partial charge in [0.15, 0.2) is 5.16 Å². The Balaban J connectivity index is 2.06. The van der Waals surface area contributed by atoms with Crippen LogP contribution >= 0.6 is 11.8 Å². The number of phenols is 1. The predicted molar refractivity (Wildman–Crippen MR) is 88.9 cm³/mol. The van der Waals surface area contributed by atoms with E-state index in [9.17, 15) is 5.11 Å². The number of nitrogens with zero attached hydrogens (tertiary/aromatic N) is 4. The van der Waals surface area contributed by atoms with Crippen LogP contribution in [0.15, 0.2) is 53.9 Å². The summed E-state index contributed by atoms with van der Waals surface area (Å²) in [7, 11) is 0. The molecule has 0 aliphatic carbocycles. The second kappa shape index (κ2) is 6.46. The van der Waals surface area contributed by atoms with Crippen molar-refractivity contribution in [1.29, 1.82) is 5.26 Å². The van der Waals surface area contributed by atoms with Gasteiger partial charge >= 0.3 is 0 Å². The molecule has 0 aliphatic heterocycles. The normalized spacial score (nSPS) is 10.3. The van der Waals surface area contributed by atoms with Crippen molar-refractivity contribution in [2.24, 2.45) is 0 Å². The second-order valence-electron chi connectivity index (χ2n) is 4.70. The molecule has 0 unspecified atom stereocenters. The number of benzene rings is 1. The molecule has 0 atom stereocenters. The molecule has 0 fully saturated rings. The van der Waals surface area contributed by atoms with Crippen LogP contribution in [0.4, 0.5) is 0 Å². The van der Waals surface area contributed by atoms with Crippen molar-refractivity contribution in [2.75, 3.05) is 6.26 Å². The molecule has 6 heteroatoms. The zero-order valence-electron chi connectivity index (χ0n) is 12.3. The summed E-state index contributed by atoms with van der Waals surface area (Å²) in [5, 5.41) is 19.6. The van der Waals surface area contributed by atoms with Crippen molar-refractivity contribution < 1.29 is 5.11 Å². The van der Waals surface area contributed by atoms with Gasteiger partial charge in [-0.15, -0.1) is 0 Å². The molecule has 23 heavy (non-hydrogen) atoms. The van der Waals surface area contributed by atoms with E-state index in [4.69, 9.17) is 5.26 Å². The van der Waals surface area contributed by atoms with Gasteiger partial charge in [-0.25, -0.2) is 9.97 Å². The summed E-state index contributed by atoms with van der Waals surface area (Å²) in [6.45, 7) is 0. The lowest BCUT2D eigenvalue weighted by molar-refractivity contribution is 0.477. The molecular formula is C17H12N4OS. The first-order valence-corrected chi connectivity index (χ1v) is 8.00. The van der Waals surface area contributed by atoms with E-state index in [1.54, 1.807) is 30.5 Å². The Labute approximate surface area is 137 Å². The molecule has 3 aromatic rings. The van der Waals surface area contributed by atoms with Gasteiger partial charge in [-0.2, -0.15) is 5.26 Å². The molecule has 0 spiro atoms. The minimum atomic E-state index is 0.130. The summed E-state index contributed by atoms with van der Waals surface area (Å²) in [6, 6.07) is 12.5. The summed E-state index contributed by atoms with van der Waals surface area (Å²) in [4.78, 5) is 12.8. The molecule has 112 valence electrons. The third kappa shape index (κ3) is 3.15. The third-order valence-electron chi connectivity index (χ3n) is 3.28. The Bertz CT molecular complexity index is 888. The molecule has 2 heterocycles. The van der Waals surface area contributed by atoms with E-state index in [0.29, 0.717) is 22.0 Å². The molecular weight excluding hydrogens is 308 g/mol. The summed E-state index contributed by atoms with van der Waals surface area (Å²) in [5.41, 5.74) is 3.31. The van der Waals surface area contributed by atoms with E-state index in [0.717, 1.165) is 11.3 Å². The maximum absolute atomic E-state index is 10.1. The van der Waals surface area contributed by atoms with Crippen LogP contribution in [-0.4, -0.2) is 26.3 Å². The molecule has 0 saturated carbocycles. The number of phenolic OH excluding ortho intramolecular Hbond substituents is 1. The molecule has 0 amide bonds. The highest BCUT2D eigenvalue weighted by Crippen LogP contribution is 2.32. The Morgan fingerprint density at radius 1 is 1.09 bits per heavy atom. The van der Waals surface area contributed by atoms with Crippen LogP contribution in [0.5, 0.6) is 5.75 Å². The zero-order valence-corrected chi connectivity index (χ0v) is 13.1. The van der Waals surface area contributed by atoms with Crippen molar-refractivity contribution in [3.63, 3.8) is 0 Å². The van der Waals surface area contributed by atoms with Gasteiger partial charge in [-0.05, 0) is 42.7 Å². The average Bonchev–Trinajstić information content (AvgIpc) is 2.62. The highest BCUT2D eigenvalue weighted by molar-refractivity contribution is 7.98. The molecule has 1 aromatic carbocycles. The SMILES string of the molecule is CSc1nccc(-c2ccc(O)c(-c3ccc(C#N)cn3)c2)n1. The van der Waals surface area contributed by atoms with Gasteiger partial charge in [0.2, 0.25) is 0 Å². The summed E-state index contributed by atoms with van der Waals surface area (Å²) >= 11 is 1.47. The Morgan fingerprint density at radius 2 is 1.96 bits per heavy atom. The van der Waals surface area contributed by atoms with Crippen LogP contribution in [0, 0.1) is 11.3 Å². The van der Waals surface area contributed by atoms with E-state index >= 15 is 0 Å². The minimum absolute atomic E-state index is 0.130. The number of hydrogen-bond donors (Lipinski definition) is 1. The molecule has 5 nitrogen and oxygen atoms in total. The number of nitriles is 1. The molecule has 0 radical (unpaired) electrons. The molecule has 0 saturated heterocycles. The standard InChI is InChI=1S/C17H12N4OS/c1-23-17-19-7-6-14(21-17)12-3-5-16(22)13(8-12)15-4-2-11(9-18)10-20-15/h2-8,10,22H,1H3. The fraction of sp³-hybridized carbons (Fsp3) is 0.0588. The van der Waals surface area contributed by atoms with Crippen LogP contribution in [0.1, 0.15) is 5.56 Å². The first kappa shape index (κ1) is 15.0. The maximum Gasteiger partial charge on any atom is 0.187 e. The van der Waals surface area contributed by atoms with E-state index in [1.807, 2.05) is 24.5 Å². The van der Waals surface area contributed by atoms with Crippen LogP contribution in [0.2, 0.25) is 0 Å². The highest BCUT2D eigenvalue weighted by atomic mass is 32.2. The lowest BCUT2D eigenvalue weighted by Crippen LogP contribution is -1.91. The molecule has 1 N–H and O–H groups in total. The maximum atomic E-state index is 10.1. The summed E-state index contributed by atoms with van der Waals surface area (Å²) < 4.78 is 0. The van der Waals surface area contributed by atoms with Gasteiger partial charge in [-0.1, -0.05) is 11.8 Å². The largest absolute Gasteiger partial charge is 0.507 e. The van der Waals surface area contributed by atoms with E-state index in [-0.39, 0.29) is 5.75 Å². The first-order chi connectivity index (χ1) is 11.2. The Hall–Kier alpha value is -2.91. The Kier molecular flexibility index (Phi) is 4.22. The number of aromatic hydroxyl groups is 1. The smallest absolute Gasteiger partial charge is 0.187 e. The van der Waals surface area contributed by atoms with Crippen LogP contribution in [0.3, 0.4) is 0 Å². The first-order valence-electron chi connectivity index (χ1n) is 6.78. The number of hydrogen-bond acceptors (Lipinski definition) is 6. The molecule has 3 rings (SSSR count). The lowest BCUT2D eigenvalue weighted by atomic mass is 10.0. The van der Waals surface area contributed by atoms with Crippen molar-refractivity contribution in [3.05, 3.63) is 54.4 Å². The Morgan fingerprint density at radius 3 is 2.65 bits per heavy atom. The zero-order chi connectivity index (χ0) is 16.2. The van der Waals surface area contributed by atoms with Crippen molar-refractivity contribution >= 4 is 11.8 Å². The van der Waals surface area contributed by atoms with Crippen LogP contribution < -0.4 is 0 Å². The molecule has 2 aromatic heterocycles. The third-order valence-corrected chi connectivity index (χ3v) is 3.84. The van der Waals surface area contributed by atoms with E-state index in [2.05, 4.69) is 15.0 Å². The van der Waals surface area contributed by atoms with E-state index in [1.165, 1.54) is 18.0 Å². The number of thioether (sulfide) groups is 1. The minimum Gasteiger partial charge on any atom is -0.507 e. The fourth-order valence-electron chi connectivity index (χ4n) is 2.12. The monoisotopic (exact) mass is 320 g/mol. The van der Waals surface area contributed by atoms with Gasteiger partial charge < -0.3 is 5.11 Å². The number of aromatic nitrogens is 3. The molecule has 0 aliphatic rings. The van der Waals surface area contributed by atoms with E-state index < -0.39 is 0 Å². The number of pyridine rings is 1. The van der Waals surface area contributed by atoms with Crippen LogP contribution in [0.25, 0.3) is 22.5 Å². The van der Waals surface area contributed by atoms with Gasteiger partial charge in [0.25, 0.3) is 0 Å². The van der Waals surface area contributed by atoms with Gasteiger partial charge in [0.05, 0.1) is 17.0 Å². The van der Waals surface area contributed by atoms with Gasteiger partial charge in [0, 0.05) is 23.5 Å². The summed E-state index contributed by atoms with van der Waals surface area (Å²) in [5.74, 6) is 0.130. The topological polar surface area (TPSA) is 82.7 Å². The highest BCUT2D eigenvalue weighted by Gasteiger charge is 2.10.